The molecule has 508 valence electrons. The number of aryl methyl sites for hydroxylation is 1. The summed E-state index contributed by atoms with van der Waals surface area (Å²) in [5.74, 6) is -6.91. The van der Waals surface area contributed by atoms with Crippen molar-refractivity contribution in [1.82, 2.24) is 0 Å². The van der Waals surface area contributed by atoms with Gasteiger partial charge in [-0.1, -0.05) is 0 Å². The van der Waals surface area contributed by atoms with Crippen molar-refractivity contribution in [2.45, 2.75) is 270 Å². The van der Waals surface area contributed by atoms with E-state index in [0.29, 0.717) is 0 Å². The molecule has 32 heteroatoms. The van der Waals surface area contributed by atoms with Gasteiger partial charge in [-0.2, -0.15) is 0 Å². The molecule has 0 aliphatic carbocycles. The average molecular weight is 1290 g/mol. The van der Waals surface area contributed by atoms with E-state index in [1.54, 1.807) is 34.6 Å². The fourth-order valence-electron chi connectivity index (χ4n) is 14.3. The summed E-state index contributed by atoms with van der Waals surface area (Å²) in [6, 6.07) is 2.29. The summed E-state index contributed by atoms with van der Waals surface area (Å²) in [6.45, 7) is 13.0. The van der Waals surface area contributed by atoms with Crippen LogP contribution in [0.1, 0.15) is 90.6 Å². The number of Topliss-reactive ketones (excluding diaryl/α,β-unsaturated/α-hetero) is 1. The largest absolute Gasteiger partial charge is 0.508 e. The molecule has 10 saturated heterocycles. The van der Waals surface area contributed by atoms with Gasteiger partial charge in [0.15, 0.2) is 54.9 Å². The van der Waals surface area contributed by atoms with Crippen LogP contribution in [0.5, 0.6) is 11.5 Å². The third-order valence-electron chi connectivity index (χ3n) is 18.5. The summed E-state index contributed by atoms with van der Waals surface area (Å²) in [5.41, 5.74) is -3.22. The summed E-state index contributed by atoms with van der Waals surface area (Å²) in [7, 11) is 4.09. The molecule has 0 aromatic heterocycles. The lowest BCUT2D eigenvalue weighted by Gasteiger charge is -2.49. The number of ketones is 1. The molecule has 31 atom stereocenters. The van der Waals surface area contributed by atoms with Crippen LogP contribution in [0.2, 0.25) is 0 Å². The first kappa shape index (κ1) is 67.8. The van der Waals surface area contributed by atoms with Gasteiger partial charge in [-0.3, -0.25) is 9.59 Å². The van der Waals surface area contributed by atoms with Gasteiger partial charge in [-0.25, -0.2) is 4.79 Å². The third-order valence-corrected chi connectivity index (χ3v) is 18.5. The molecule has 0 saturated carbocycles. The first-order valence-electron chi connectivity index (χ1n) is 30.2. The summed E-state index contributed by atoms with van der Waals surface area (Å²) in [6.07, 6.45) is -32.4. The zero-order chi connectivity index (χ0) is 64.8. The van der Waals surface area contributed by atoms with E-state index in [9.17, 15) is 50.1 Å². The standard InChI is InChI=1S/C58H84O32/c1-21-13-29(61)14-30(62)37(21)51(67)82-40-22(2)75-35(15-31(40)63)80-41-24(4)85-56(16-32(41)64)89-48-25(5)76-36(17-55(48,9)90-56)81-45-39(66)52(77-23(3)42(45)70-11)83-43-33(18-69-10)79-54(46(71-12)38(43)65)84-53-47(78-28(8)60)44-34(19-72-53)87-58(88-44)50-49(73-20-74-50)57(68,26(6)59)27(7)86-58/h13-14,22-25,27,31-36,38-50,52-54,61-66,68H,15-20H2,1-12H3/t22-,23-,24-,25-,27-,31-,32-,33-,34+,35+,36+,38+,39-,40-,41-,42+,43-,44-,45-,46+,47-,48-,49-,50-,52+,53-,54+,55-,56?,57+,58-/m1/s1. The SMILES string of the molecule is COC[C@H]1O[C@@H](O[C@H]2OC[C@@H]3O[C@]4(O[C@H]3[C@H]2OC(C)=O)O[C@H](C)[C@@](O)(C(C)=O)[C@@H]2OCO[C@H]24)[C@@H](OC)[C@@H](O)[C@@H]1O[C@@H]1O[C@H](C)[C@H](OC)[C@H](O[C@H]2C[C@@]3(C)OC4(C[C@@H](O)[C@H](O[C@H]5C[C@@H](O)[C@H](OC(=O)c6c(C)cc(O)cc6O)[C@@H](C)O5)[C@@H](C)O4)O[C@@H]3[C@@H](C)O2)[C@H]1O. The highest BCUT2D eigenvalue weighted by Crippen LogP contribution is 2.53. The van der Waals surface area contributed by atoms with Gasteiger partial charge in [-0.05, 0) is 67.0 Å². The summed E-state index contributed by atoms with van der Waals surface area (Å²) in [4.78, 5) is 38.6. The van der Waals surface area contributed by atoms with Crippen molar-refractivity contribution in [3.8, 4) is 11.5 Å². The number of esters is 2. The molecule has 10 aliphatic heterocycles. The van der Waals surface area contributed by atoms with E-state index in [1.165, 1.54) is 48.2 Å². The number of rotatable bonds is 16. The zero-order valence-electron chi connectivity index (χ0n) is 51.8. The van der Waals surface area contributed by atoms with E-state index in [4.69, 9.17) is 104 Å². The van der Waals surface area contributed by atoms with Crippen molar-refractivity contribution in [2.24, 2.45) is 0 Å². The Morgan fingerprint density at radius 1 is 0.633 bits per heavy atom. The lowest BCUT2D eigenvalue weighted by molar-refractivity contribution is -0.428. The van der Waals surface area contributed by atoms with Gasteiger partial charge < -0.3 is 140 Å². The van der Waals surface area contributed by atoms with Crippen molar-refractivity contribution in [1.29, 1.82) is 0 Å². The number of phenols is 2. The Labute approximate surface area is 517 Å². The molecule has 2 spiro atoms. The van der Waals surface area contributed by atoms with E-state index in [2.05, 4.69) is 0 Å². The molecule has 0 amide bonds. The lowest BCUT2D eigenvalue weighted by atomic mass is 9.81. The number of hydrogen-bond acceptors (Lipinski definition) is 32. The van der Waals surface area contributed by atoms with Crippen molar-refractivity contribution in [2.75, 3.05) is 41.3 Å². The zero-order valence-corrected chi connectivity index (χ0v) is 51.8. The van der Waals surface area contributed by atoms with Crippen LogP contribution in [0.25, 0.3) is 0 Å². The normalized spacial score (nSPS) is 49.2. The van der Waals surface area contributed by atoms with Crippen LogP contribution in [0, 0.1) is 6.92 Å². The van der Waals surface area contributed by atoms with Crippen LogP contribution in [0.4, 0.5) is 0 Å². The minimum Gasteiger partial charge on any atom is -0.508 e. The molecule has 10 heterocycles. The Balaban J connectivity index is 0.717. The molecular formula is C58H84O32. The second-order valence-electron chi connectivity index (χ2n) is 24.9. The van der Waals surface area contributed by atoms with E-state index >= 15 is 0 Å². The third kappa shape index (κ3) is 12.4. The molecule has 7 N–H and O–H groups in total. The van der Waals surface area contributed by atoms with Crippen LogP contribution >= 0.6 is 0 Å². The van der Waals surface area contributed by atoms with Gasteiger partial charge in [-0.15, -0.1) is 0 Å². The van der Waals surface area contributed by atoms with Gasteiger partial charge in [0.25, 0.3) is 5.97 Å². The number of hydrogen-bond donors (Lipinski definition) is 7. The van der Waals surface area contributed by atoms with Gasteiger partial charge >= 0.3 is 17.9 Å². The molecule has 10 aliphatic rings. The fraction of sp³-hybridized carbons (Fsp3) is 0.845. The first-order chi connectivity index (χ1) is 42.6. The second kappa shape index (κ2) is 26.2. The van der Waals surface area contributed by atoms with Crippen LogP contribution in [0.3, 0.4) is 0 Å². The van der Waals surface area contributed by atoms with Crippen LogP contribution in [0.15, 0.2) is 12.1 Å². The number of aliphatic hydroxyl groups is 5. The Morgan fingerprint density at radius 3 is 2.00 bits per heavy atom. The Bertz CT molecular complexity index is 2680. The van der Waals surface area contributed by atoms with Crippen molar-refractivity contribution >= 4 is 17.7 Å². The molecule has 90 heavy (non-hydrogen) atoms. The maximum Gasteiger partial charge on any atom is 0.342 e. The predicted molar refractivity (Wildman–Crippen MR) is 289 cm³/mol. The molecule has 1 aromatic rings. The van der Waals surface area contributed by atoms with Gasteiger partial charge in [0.2, 0.25) is 6.29 Å². The van der Waals surface area contributed by atoms with Gasteiger partial charge in [0, 0.05) is 47.2 Å². The Hall–Kier alpha value is -3.57. The summed E-state index contributed by atoms with van der Waals surface area (Å²) < 4.78 is 135. The Kier molecular flexibility index (Phi) is 19.8. The minimum atomic E-state index is -2.12. The quantitative estimate of drug-likeness (QED) is 0.0957. The molecule has 10 fully saturated rings. The number of fused-ring (bicyclic) bond motifs is 4. The highest BCUT2D eigenvalue weighted by molar-refractivity contribution is 5.94. The average Bonchev–Trinajstić information content (AvgIpc) is 1.59. The summed E-state index contributed by atoms with van der Waals surface area (Å²) >= 11 is 0. The highest BCUT2D eigenvalue weighted by atomic mass is 16.9. The van der Waals surface area contributed by atoms with Crippen molar-refractivity contribution < 1.29 is 154 Å². The number of methoxy groups -OCH3 is 3. The van der Waals surface area contributed by atoms with E-state index in [1.807, 2.05) is 0 Å². The fourth-order valence-corrected chi connectivity index (χ4v) is 14.3. The van der Waals surface area contributed by atoms with Crippen molar-refractivity contribution in [3.63, 3.8) is 0 Å². The van der Waals surface area contributed by atoms with Crippen molar-refractivity contribution in [3.05, 3.63) is 23.3 Å². The van der Waals surface area contributed by atoms with E-state index in [-0.39, 0.29) is 56.1 Å². The predicted octanol–water partition coefficient (Wildman–Crippen LogP) is -1.19. The smallest absolute Gasteiger partial charge is 0.342 e. The number of ether oxygens (including phenoxy) is 22. The molecule has 32 nitrogen and oxygen atoms in total. The summed E-state index contributed by atoms with van der Waals surface area (Å²) in [5, 5.41) is 78.9. The van der Waals surface area contributed by atoms with Crippen LogP contribution in [-0.4, -0.2) is 284 Å². The first-order valence-corrected chi connectivity index (χ1v) is 30.2. The monoisotopic (exact) mass is 1290 g/mol. The minimum absolute atomic E-state index is 0.0105. The highest BCUT2D eigenvalue weighted by Gasteiger charge is 2.73. The molecule has 0 bridgehead atoms. The molecule has 1 unspecified atom stereocenters. The Morgan fingerprint density at radius 2 is 1.33 bits per heavy atom. The number of aliphatic hydroxyl groups excluding tert-OH is 4. The number of benzene rings is 1. The second-order valence-corrected chi connectivity index (χ2v) is 24.9. The lowest BCUT2D eigenvalue weighted by Crippen LogP contribution is -2.72. The maximum atomic E-state index is 13.1. The van der Waals surface area contributed by atoms with Gasteiger partial charge in [0.05, 0.1) is 62.4 Å². The maximum absolute atomic E-state index is 13.1. The molecule has 11 rings (SSSR count). The number of carbonyl (C=O) groups is 3. The molecule has 1 aromatic carbocycles. The molecular weight excluding hydrogens is 1210 g/mol. The number of carbonyl (C=O) groups excluding carboxylic acids is 3. The number of phenolic OH excluding ortho intramolecular Hbond substituents is 2. The topological polar surface area (TPSA) is 396 Å². The van der Waals surface area contributed by atoms with Gasteiger partial charge in [0.1, 0.15) is 103 Å². The van der Waals surface area contributed by atoms with Crippen LogP contribution < -0.4 is 0 Å². The molecule has 0 radical (unpaired) electrons. The van der Waals surface area contributed by atoms with Crippen LogP contribution in [-0.2, 0) is 114 Å². The van der Waals surface area contributed by atoms with E-state index in [0.717, 1.165) is 13.0 Å². The number of aromatic hydroxyl groups is 2. The van der Waals surface area contributed by atoms with E-state index < -0.39 is 212 Å².